The first kappa shape index (κ1) is 13.5. The second-order valence-corrected chi connectivity index (χ2v) is 5.04. The molecule has 1 N–H and O–H groups in total. The van der Waals surface area contributed by atoms with Crippen LogP contribution in [0.1, 0.15) is 11.3 Å². The molecule has 0 aliphatic heterocycles. The van der Waals surface area contributed by atoms with Gasteiger partial charge in [0.25, 0.3) is 0 Å². The lowest BCUT2D eigenvalue weighted by Gasteiger charge is -2.01. The Bertz CT molecular complexity index is 549. The van der Waals surface area contributed by atoms with Crippen LogP contribution in [0.4, 0.5) is 4.79 Å². The van der Waals surface area contributed by atoms with E-state index in [0.717, 1.165) is 16.3 Å². The Morgan fingerprint density at radius 1 is 1.37 bits per heavy atom. The molecule has 0 spiro atoms. The maximum Gasteiger partial charge on any atom is 0.406 e. The molecule has 0 saturated carbocycles. The molecule has 1 aromatic carbocycles. The van der Waals surface area contributed by atoms with Gasteiger partial charge >= 0.3 is 6.09 Å². The molecule has 0 unspecified atom stereocenters. The van der Waals surface area contributed by atoms with Gasteiger partial charge < -0.3 is 10.1 Å². The maximum absolute atomic E-state index is 10.9. The number of hydrogen-bond donors (Lipinski definition) is 1. The number of alkyl carbamates (subject to hydrolysis) is 1. The predicted octanol–water partition coefficient (Wildman–Crippen LogP) is 3.02. The molecule has 0 fully saturated rings. The predicted molar refractivity (Wildman–Crippen MR) is 76.4 cm³/mol. The molecule has 100 valence electrons. The van der Waals surface area contributed by atoms with Crippen LogP contribution >= 0.6 is 11.3 Å². The third-order valence-electron chi connectivity index (χ3n) is 2.69. The van der Waals surface area contributed by atoms with Crippen molar-refractivity contribution in [2.45, 2.75) is 13.3 Å². The van der Waals surface area contributed by atoms with Crippen LogP contribution < -0.4 is 5.32 Å². The van der Waals surface area contributed by atoms with Crippen molar-refractivity contribution in [2.24, 2.45) is 0 Å². The minimum atomic E-state index is -0.408. The van der Waals surface area contributed by atoms with E-state index in [1.807, 2.05) is 5.38 Å². The molecule has 0 aliphatic carbocycles. The van der Waals surface area contributed by atoms with Crippen LogP contribution in [0.2, 0.25) is 0 Å². The minimum Gasteiger partial charge on any atom is -0.453 e. The molecule has 2 rings (SSSR count). The van der Waals surface area contributed by atoms with Gasteiger partial charge in [-0.05, 0) is 6.92 Å². The number of nitrogens with one attached hydrogen (secondary N) is 1. The average molecular weight is 276 g/mol. The summed E-state index contributed by atoms with van der Waals surface area (Å²) in [5.41, 5.74) is 3.35. The zero-order valence-electron chi connectivity index (χ0n) is 11.0. The van der Waals surface area contributed by atoms with E-state index in [9.17, 15) is 4.79 Å². The molecule has 0 saturated heterocycles. The second kappa shape index (κ2) is 6.33. The molecule has 2 aromatic rings. The van der Waals surface area contributed by atoms with Gasteiger partial charge in [-0.3, -0.25) is 0 Å². The molecule has 1 heterocycles. The zero-order valence-corrected chi connectivity index (χ0v) is 11.8. The minimum absolute atomic E-state index is 0.408. The summed E-state index contributed by atoms with van der Waals surface area (Å²) in [6.07, 6.45) is 0.297. The van der Waals surface area contributed by atoms with Crippen LogP contribution in [-0.2, 0) is 11.2 Å². The fraction of sp³-hybridized carbons (Fsp3) is 0.286. The van der Waals surface area contributed by atoms with Gasteiger partial charge in [0.05, 0.1) is 12.8 Å². The van der Waals surface area contributed by atoms with Gasteiger partial charge in [-0.15, -0.1) is 11.3 Å². The number of carbonyl (C=O) groups is 1. The van der Waals surface area contributed by atoms with Crippen molar-refractivity contribution >= 4 is 17.4 Å². The van der Waals surface area contributed by atoms with E-state index in [0.29, 0.717) is 13.0 Å². The van der Waals surface area contributed by atoms with Crippen molar-refractivity contribution in [2.75, 3.05) is 13.7 Å². The Morgan fingerprint density at radius 3 is 2.79 bits per heavy atom. The summed E-state index contributed by atoms with van der Waals surface area (Å²) in [5, 5.41) is 5.67. The van der Waals surface area contributed by atoms with Gasteiger partial charge in [0, 0.05) is 23.9 Å². The maximum atomic E-state index is 10.9. The number of aromatic nitrogens is 1. The quantitative estimate of drug-likeness (QED) is 0.934. The van der Waals surface area contributed by atoms with Crippen molar-refractivity contribution in [3.8, 4) is 10.6 Å². The SMILES string of the molecule is COC(=O)NCCc1csc(-c2ccc(C)cc2)n1. The topological polar surface area (TPSA) is 51.2 Å². The number of benzene rings is 1. The summed E-state index contributed by atoms with van der Waals surface area (Å²) in [6, 6.07) is 8.31. The Balaban J connectivity index is 1.95. The molecule has 0 atom stereocenters. The van der Waals surface area contributed by atoms with Crippen molar-refractivity contribution in [1.29, 1.82) is 0 Å². The van der Waals surface area contributed by atoms with Crippen molar-refractivity contribution in [1.82, 2.24) is 10.3 Å². The third-order valence-corrected chi connectivity index (χ3v) is 3.63. The number of ether oxygens (including phenoxy) is 1. The number of thiazole rings is 1. The standard InChI is InChI=1S/C14H16N2O2S/c1-10-3-5-11(6-4-10)13-16-12(9-19-13)7-8-15-14(17)18-2/h3-6,9H,7-8H2,1-2H3,(H,15,17). The van der Waals surface area contributed by atoms with Crippen LogP contribution in [-0.4, -0.2) is 24.7 Å². The number of aryl methyl sites for hydroxylation is 1. The van der Waals surface area contributed by atoms with E-state index in [-0.39, 0.29) is 0 Å². The number of rotatable bonds is 4. The molecule has 0 radical (unpaired) electrons. The van der Waals surface area contributed by atoms with Crippen LogP contribution in [0.15, 0.2) is 29.6 Å². The first-order chi connectivity index (χ1) is 9.19. The molecular weight excluding hydrogens is 260 g/mol. The Labute approximate surface area is 116 Å². The molecule has 0 bridgehead atoms. The fourth-order valence-corrected chi connectivity index (χ4v) is 2.48. The van der Waals surface area contributed by atoms with Crippen molar-refractivity contribution in [3.63, 3.8) is 0 Å². The van der Waals surface area contributed by atoms with Crippen molar-refractivity contribution in [3.05, 3.63) is 40.9 Å². The summed E-state index contributed by atoms with van der Waals surface area (Å²) < 4.78 is 4.51. The summed E-state index contributed by atoms with van der Waals surface area (Å²) in [6.45, 7) is 2.60. The van der Waals surface area contributed by atoms with E-state index in [1.165, 1.54) is 12.7 Å². The third kappa shape index (κ3) is 3.79. The Hall–Kier alpha value is -1.88. The smallest absolute Gasteiger partial charge is 0.406 e. The lowest BCUT2D eigenvalue weighted by molar-refractivity contribution is 0.171. The molecule has 0 aliphatic rings. The normalized spacial score (nSPS) is 10.2. The van der Waals surface area contributed by atoms with E-state index < -0.39 is 6.09 Å². The second-order valence-electron chi connectivity index (χ2n) is 4.18. The summed E-state index contributed by atoms with van der Waals surface area (Å²) in [4.78, 5) is 15.5. The lowest BCUT2D eigenvalue weighted by Crippen LogP contribution is -2.25. The first-order valence-electron chi connectivity index (χ1n) is 6.02. The average Bonchev–Trinajstić information content (AvgIpc) is 2.88. The molecule has 1 aromatic heterocycles. The van der Waals surface area contributed by atoms with Crippen LogP contribution in [0.3, 0.4) is 0 Å². The number of amides is 1. The highest BCUT2D eigenvalue weighted by molar-refractivity contribution is 7.13. The highest BCUT2D eigenvalue weighted by Crippen LogP contribution is 2.23. The van der Waals surface area contributed by atoms with Gasteiger partial charge in [0.2, 0.25) is 0 Å². The highest BCUT2D eigenvalue weighted by atomic mass is 32.1. The van der Waals surface area contributed by atoms with Crippen LogP contribution in [0, 0.1) is 6.92 Å². The van der Waals surface area contributed by atoms with E-state index in [2.05, 4.69) is 46.2 Å². The molecular formula is C14H16N2O2S. The largest absolute Gasteiger partial charge is 0.453 e. The van der Waals surface area contributed by atoms with Gasteiger partial charge in [0.15, 0.2) is 0 Å². The van der Waals surface area contributed by atoms with Gasteiger partial charge in [-0.25, -0.2) is 9.78 Å². The monoisotopic (exact) mass is 276 g/mol. The van der Waals surface area contributed by atoms with E-state index in [1.54, 1.807) is 11.3 Å². The van der Waals surface area contributed by atoms with Crippen molar-refractivity contribution < 1.29 is 9.53 Å². The summed E-state index contributed by atoms with van der Waals surface area (Å²) in [5.74, 6) is 0. The van der Waals surface area contributed by atoms with Gasteiger partial charge in [-0.2, -0.15) is 0 Å². The molecule has 5 heteroatoms. The van der Waals surface area contributed by atoms with E-state index in [4.69, 9.17) is 0 Å². The summed E-state index contributed by atoms with van der Waals surface area (Å²) >= 11 is 1.62. The number of nitrogens with zero attached hydrogens (tertiary/aromatic N) is 1. The number of hydrogen-bond acceptors (Lipinski definition) is 4. The van der Waals surface area contributed by atoms with Crippen LogP contribution in [0.5, 0.6) is 0 Å². The number of carbonyl (C=O) groups excluding carboxylic acids is 1. The van der Waals surface area contributed by atoms with Gasteiger partial charge in [0.1, 0.15) is 5.01 Å². The zero-order chi connectivity index (χ0) is 13.7. The lowest BCUT2D eigenvalue weighted by atomic mass is 10.2. The summed E-state index contributed by atoms with van der Waals surface area (Å²) in [7, 11) is 1.35. The van der Waals surface area contributed by atoms with E-state index >= 15 is 0 Å². The Morgan fingerprint density at radius 2 is 2.11 bits per heavy atom. The Kier molecular flexibility index (Phi) is 4.52. The van der Waals surface area contributed by atoms with Gasteiger partial charge in [-0.1, -0.05) is 29.8 Å². The number of methoxy groups -OCH3 is 1. The molecule has 4 nitrogen and oxygen atoms in total. The molecule has 1 amide bonds. The first-order valence-corrected chi connectivity index (χ1v) is 6.90. The molecule has 19 heavy (non-hydrogen) atoms. The fourth-order valence-electron chi connectivity index (χ4n) is 1.62. The highest BCUT2D eigenvalue weighted by Gasteiger charge is 2.05. The van der Waals surface area contributed by atoms with Crippen LogP contribution in [0.25, 0.3) is 10.6 Å².